The molecule has 0 rings (SSSR count). The molecule has 0 heterocycles. The second kappa shape index (κ2) is 25.9. The van der Waals surface area contributed by atoms with E-state index in [2.05, 4.69) is 13.8 Å². The summed E-state index contributed by atoms with van der Waals surface area (Å²) in [5.74, 6) is -0.818. The topological polar surface area (TPSA) is 83.8 Å². The number of carbonyl (C=O) groups is 2. The first-order chi connectivity index (χ1) is 18.0. The molecule has 0 radical (unpaired) electrons. The molecule has 220 valence electrons. The summed E-state index contributed by atoms with van der Waals surface area (Å²) in [5.41, 5.74) is -1.96. The zero-order valence-electron chi connectivity index (χ0n) is 24.5. The standard InChI is InChI=1S/C31H61O5P/c1-3-5-7-9-11-13-15-17-19-21-23-25-28(33)31(36-37,30(35)27-32)29(34)26-24-22-20-18-16-14-12-10-8-6-4-2/h30,32,35H,3-27,37H2,1-2H3. The van der Waals surface area contributed by atoms with Crippen LogP contribution in [-0.2, 0) is 14.1 Å². The van der Waals surface area contributed by atoms with Gasteiger partial charge in [-0.3, -0.25) is 9.59 Å². The molecule has 6 heteroatoms. The number of Topliss-reactive ketones (excluding diaryl/α,β-unsaturated/α-hetero) is 2. The molecule has 0 aliphatic rings. The molecule has 2 atom stereocenters. The Morgan fingerprint density at radius 1 is 0.595 bits per heavy atom. The molecule has 5 nitrogen and oxygen atoms in total. The zero-order valence-corrected chi connectivity index (χ0v) is 25.6. The highest BCUT2D eigenvalue weighted by Gasteiger charge is 2.50. The smallest absolute Gasteiger partial charge is 0.215 e. The summed E-state index contributed by atoms with van der Waals surface area (Å²) in [4.78, 5) is 26.1. The van der Waals surface area contributed by atoms with Crippen LogP contribution < -0.4 is 0 Å². The van der Waals surface area contributed by atoms with Crippen LogP contribution in [0.25, 0.3) is 0 Å². The molecule has 0 fully saturated rings. The molecule has 0 aliphatic carbocycles. The molecule has 0 aromatic heterocycles. The lowest BCUT2D eigenvalue weighted by Gasteiger charge is -2.33. The number of aliphatic hydroxyl groups excluding tert-OH is 2. The third-order valence-electron chi connectivity index (χ3n) is 7.67. The molecule has 37 heavy (non-hydrogen) atoms. The molecular weight excluding hydrogens is 483 g/mol. The predicted octanol–water partition coefficient (Wildman–Crippen LogP) is 8.43. The maximum atomic E-state index is 13.1. The van der Waals surface area contributed by atoms with Crippen molar-refractivity contribution in [1.82, 2.24) is 0 Å². The number of ketones is 2. The van der Waals surface area contributed by atoms with Crippen LogP contribution in [0.5, 0.6) is 0 Å². The van der Waals surface area contributed by atoms with Crippen molar-refractivity contribution in [3.05, 3.63) is 0 Å². The molecule has 0 bridgehead atoms. The average Bonchev–Trinajstić information content (AvgIpc) is 2.90. The van der Waals surface area contributed by atoms with Gasteiger partial charge >= 0.3 is 0 Å². The first kappa shape index (κ1) is 36.6. The van der Waals surface area contributed by atoms with Gasteiger partial charge in [-0.25, -0.2) is 0 Å². The van der Waals surface area contributed by atoms with Crippen molar-refractivity contribution >= 4 is 21.0 Å². The Morgan fingerprint density at radius 2 is 0.865 bits per heavy atom. The van der Waals surface area contributed by atoms with E-state index in [1.54, 1.807) is 0 Å². The van der Waals surface area contributed by atoms with Gasteiger partial charge in [-0.15, -0.1) is 0 Å². The predicted molar refractivity (Wildman–Crippen MR) is 159 cm³/mol. The van der Waals surface area contributed by atoms with Gasteiger partial charge in [0.1, 0.15) is 6.10 Å². The summed E-state index contributed by atoms with van der Waals surface area (Å²) in [6.45, 7) is 3.79. The number of hydrogen-bond acceptors (Lipinski definition) is 5. The van der Waals surface area contributed by atoms with Crippen molar-refractivity contribution in [2.75, 3.05) is 6.61 Å². The summed E-state index contributed by atoms with van der Waals surface area (Å²) in [5, 5.41) is 20.0. The number of carbonyl (C=O) groups excluding carboxylic acids is 2. The van der Waals surface area contributed by atoms with Gasteiger partial charge in [0.15, 0.2) is 11.6 Å². The summed E-state index contributed by atoms with van der Waals surface area (Å²) in [6, 6.07) is 0. The lowest BCUT2D eigenvalue weighted by Crippen LogP contribution is -2.57. The molecule has 0 aliphatic heterocycles. The van der Waals surface area contributed by atoms with Crippen molar-refractivity contribution in [1.29, 1.82) is 0 Å². The fraction of sp³-hybridized carbons (Fsp3) is 0.935. The molecule has 0 saturated carbocycles. The molecule has 2 unspecified atom stereocenters. The van der Waals surface area contributed by atoms with Gasteiger partial charge in [-0.1, -0.05) is 142 Å². The summed E-state index contributed by atoms with van der Waals surface area (Å²) in [7, 11) is 1.99. The number of aliphatic hydroxyl groups is 2. The second-order valence-corrected chi connectivity index (χ2v) is 11.2. The first-order valence-electron chi connectivity index (χ1n) is 15.7. The monoisotopic (exact) mass is 544 g/mol. The number of rotatable bonds is 29. The van der Waals surface area contributed by atoms with E-state index < -0.39 is 29.9 Å². The van der Waals surface area contributed by atoms with Gasteiger partial charge in [-0.05, 0) is 12.8 Å². The van der Waals surface area contributed by atoms with Crippen molar-refractivity contribution in [2.24, 2.45) is 0 Å². The van der Waals surface area contributed by atoms with Crippen LogP contribution in [0.4, 0.5) is 0 Å². The minimum absolute atomic E-state index is 0.187. The van der Waals surface area contributed by atoms with Gasteiger partial charge in [0.05, 0.1) is 6.61 Å². The fourth-order valence-corrected chi connectivity index (χ4v) is 5.56. The Balaban J connectivity index is 4.26. The van der Waals surface area contributed by atoms with E-state index in [-0.39, 0.29) is 12.8 Å². The van der Waals surface area contributed by atoms with E-state index in [9.17, 15) is 19.8 Å². The van der Waals surface area contributed by atoms with E-state index in [4.69, 9.17) is 4.52 Å². The highest BCUT2D eigenvalue weighted by molar-refractivity contribution is 7.10. The molecule has 0 aromatic carbocycles. The normalized spacial score (nSPS) is 12.7. The van der Waals surface area contributed by atoms with Crippen LogP contribution in [-0.4, -0.2) is 40.1 Å². The maximum absolute atomic E-state index is 13.1. The molecular formula is C31H61O5P. The highest BCUT2D eigenvalue weighted by atomic mass is 31.0. The van der Waals surface area contributed by atoms with Gasteiger partial charge in [-0.2, -0.15) is 0 Å². The van der Waals surface area contributed by atoms with Gasteiger partial charge < -0.3 is 14.7 Å². The number of unbranched alkanes of at least 4 members (excludes halogenated alkanes) is 20. The molecule has 0 spiro atoms. The Hall–Kier alpha value is -0.350. The molecule has 0 saturated heterocycles. The third-order valence-corrected chi connectivity index (χ3v) is 8.04. The van der Waals surface area contributed by atoms with Gasteiger partial charge in [0, 0.05) is 22.3 Å². The van der Waals surface area contributed by atoms with E-state index in [0.29, 0.717) is 12.8 Å². The highest BCUT2D eigenvalue weighted by Crippen LogP contribution is 2.28. The van der Waals surface area contributed by atoms with Crippen LogP contribution in [0.1, 0.15) is 168 Å². The minimum Gasteiger partial charge on any atom is -0.394 e. The summed E-state index contributed by atoms with van der Waals surface area (Å²) in [6.07, 6.45) is 24.8. The first-order valence-corrected chi connectivity index (χ1v) is 16.2. The molecule has 0 aromatic rings. The van der Waals surface area contributed by atoms with Gasteiger partial charge in [0.25, 0.3) is 0 Å². The van der Waals surface area contributed by atoms with Crippen molar-refractivity contribution in [3.63, 3.8) is 0 Å². The largest absolute Gasteiger partial charge is 0.394 e. The van der Waals surface area contributed by atoms with Crippen molar-refractivity contribution < 1.29 is 24.3 Å². The van der Waals surface area contributed by atoms with Crippen LogP contribution in [0.3, 0.4) is 0 Å². The zero-order chi connectivity index (χ0) is 27.6. The SMILES string of the molecule is CCCCCCCCCCCCCC(=O)C(OP)(C(=O)CCCCCCCCCCCCC)C(O)CO. The lowest BCUT2D eigenvalue weighted by atomic mass is 9.82. The van der Waals surface area contributed by atoms with E-state index in [1.165, 1.54) is 103 Å². The Morgan fingerprint density at radius 3 is 1.11 bits per heavy atom. The number of hydrogen-bond donors (Lipinski definition) is 2. The Kier molecular flexibility index (Phi) is 25.7. The summed E-state index contributed by atoms with van der Waals surface area (Å²) < 4.78 is 5.32. The fourth-order valence-electron chi connectivity index (χ4n) is 5.14. The van der Waals surface area contributed by atoms with Crippen LogP contribution in [0.15, 0.2) is 0 Å². The summed E-state index contributed by atoms with van der Waals surface area (Å²) >= 11 is 0. The molecule has 2 N–H and O–H groups in total. The maximum Gasteiger partial charge on any atom is 0.215 e. The van der Waals surface area contributed by atoms with Crippen LogP contribution in [0.2, 0.25) is 0 Å². The van der Waals surface area contributed by atoms with Crippen molar-refractivity contribution in [3.8, 4) is 0 Å². The lowest BCUT2D eigenvalue weighted by molar-refractivity contribution is -0.160. The Bertz CT molecular complexity index is 502. The molecule has 0 amide bonds. The van der Waals surface area contributed by atoms with E-state index in [0.717, 1.165) is 25.7 Å². The second-order valence-electron chi connectivity index (χ2n) is 11.0. The van der Waals surface area contributed by atoms with Gasteiger partial charge in [0.2, 0.25) is 5.60 Å². The quantitative estimate of drug-likeness (QED) is 0.0561. The van der Waals surface area contributed by atoms with E-state index >= 15 is 0 Å². The van der Waals surface area contributed by atoms with Crippen molar-refractivity contribution in [2.45, 2.75) is 180 Å². The Labute approximate surface area is 231 Å². The minimum atomic E-state index is -1.96. The van der Waals surface area contributed by atoms with E-state index in [1.807, 2.05) is 9.47 Å². The van der Waals surface area contributed by atoms with Crippen LogP contribution >= 0.6 is 9.47 Å². The average molecular weight is 545 g/mol. The third kappa shape index (κ3) is 17.1. The van der Waals surface area contributed by atoms with Crippen LogP contribution in [0, 0.1) is 0 Å².